The number of phenols is 1. The van der Waals surface area contributed by atoms with Crippen LogP contribution in [0.25, 0.3) is 10.9 Å². The van der Waals surface area contributed by atoms with Crippen LogP contribution in [0.15, 0.2) is 30.3 Å². The van der Waals surface area contributed by atoms with Crippen molar-refractivity contribution in [2.45, 2.75) is 13.3 Å². The smallest absolute Gasteiger partial charge is 0.310 e. The maximum absolute atomic E-state index is 14.6. The number of esters is 1. The van der Waals surface area contributed by atoms with Crippen LogP contribution in [0.1, 0.15) is 21.6 Å². The van der Waals surface area contributed by atoms with Crippen LogP contribution in [0.4, 0.5) is 13.2 Å². The molecule has 0 atom stereocenters. The average molecular weight is 377 g/mol. The lowest BCUT2D eigenvalue weighted by Crippen LogP contribution is -2.14. The number of carbonyl (C=O) groups is 2. The van der Waals surface area contributed by atoms with Crippen LogP contribution >= 0.6 is 0 Å². The quantitative estimate of drug-likeness (QED) is 0.710. The number of hydrogen-bond acceptors (Lipinski definition) is 4. The van der Waals surface area contributed by atoms with E-state index in [0.29, 0.717) is 0 Å². The van der Waals surface area contributed by atoms with Gasteiger partial charge in [-0.05, 0) is 30.7 Å². The topological polar surface area (TPSA) is 68.5 Å². The first-order valence-electron chi connectivity index (χ1n) is 7.84. The molecule has 5 nitrogen and oxygen atoms in total. The number of aromatic hydroxyl groups is 1. The Kier molecular flexibility index (Phi) is 4.65. The van der Waals surface area contributed by atoms with Crippen molar-refractivity contribution in [2.75, 3.05) is 7.11 Å². The van der Waals surface area contributed by atoms with Gasteiger partial charge in [0, 0.05) is 22.7 Å². The third-order valence-corrected chi connectivity index (χ3v) is 4.31. The number of hydrogen-bond donors (Lipinski definition) is 1. The van der Waals surface area contributed by atoms with Crippen molar-refractivity contribution >= 4 is 22.8 Å². The van der Waals surface area contributed by atoms with Gasteiger partial charge >= 0.3 is 5.97 Å². The second kappa shape index (κ2) is 6.79. The van der Waals surface area contributed by atoms with Crippen molar-refractivity contribution in [2.24, 2.45) is 0 Å². The zero-order chi connectivity index (χ0) is 19.9. The standard InChI is InChI=1S/C19H14F3NO4/c1-9-12(7-15(24)27-2)16-14(8-13(21)18(25)17(16)22)23(9)19(26)10-4-3-5-11(20)6-10/h3-6,8,25H,7H2,1-2H3. The number of phenolic OH excluding ortho intramolecular Hbond substituents is 1. The van der Waals surface area contributed by atoms with Gasteiger partial charge in [-0.2, -0.15) is 0 Å². The van der Waals surface area contributed by atoms with Crippen LogP contribution in [0.3, 0.4) is 0 Å². The molecule has 3 aromatic rings. The third kappa shape index (κ3) is 3.03. The molecule has 140 valence electrons. The van der Waals surface area contributed by atoms with Gasteiger partial charge in [0.25, 0.3) is 5.91 Å². The Labute approximate surface area is 151 Å². The molecule has 0 spiro atoms. The maximum atomic E-state index is 14.6. The molecule has 0 bridgehead atoms. The second-order valence-corrected chi connectivity index (χ2v) is 5.88. The highest BCUT2D eigenvalue weighted by atomic mass is 19.1. The number of ether oxygens (including phenoxy) is 1. The number of halogens is 3. The Bertz CT molecular complexity index is 1090. The Morgan fingerprint density at radius 2 is 1.89 bits per heavy atom. The molecule has 0 aliphatic rings. The van der Waals surface area contributed by atoms with E-state index in [4.69, 9.17) is 0 Å². The van der Waals surface area contributed by atoms with Crippen LogP contribution < -0.4 is 0 Å². The van der Waals surface area contributed by atoms with Gasteiger partial charge in [0.15, 0.2) is 17.4 Å². The van der Waals surface area contributed by atoms with E-state index in [1.807, 2.05) is 0 Å². The van der Waals surface area contributed by atoms with E-state index in [1.165, 1.54) is 19.1 Å². The SMILES string of the molecule is COC(=O)Cc1c(C)n(C(=O)c2cccc(F)c2)c2cc(F)c(O)c(F)c12. The number of rotatable bonds is 3. The molecule has 3 rings (SSSR count). The Morgan fingerprint density at radius 1 is 1.19 bits per heavy atom. The third-order valence-electron chi connectivity index (χ3n) is 4.31. The average Bonchev–Trinajstić information content (AvgIpc) is 2.90. The van der Waals surface area contributed by atoms with E-state index in [1.54, 1.807) is 0 Å². The Morgan fingerprint density at radius 3 is 2.52 bits per heavy atom. The summed E-state index contributed by atoms with van der Waals surface area (Å²) in [7, 11) is 1.14. The molecular weight excluding hydrogens is 363 g/mol. The van der Waals surface area contributed by atoms with Gasteiger partial charge in [0.05, 0.1) is 19.0 Å². The number of aromatic nitrogens is 1. The summed E-state index contributed by atoms with van der Waals surface area (Å²) in [6, 6.07) is 5.60. The molecule has 0 saturated carbocycles. The molecular formula is C19H14F3NO4. The van der Waals surface area contributed by atoms with Crippen molar-refractivity contribution in [3.8, 4) is 5.75 Å². The fourth-order valence-electron chi connectivity index (χ4n) is 3.00. The number of carbonyl (C=O) groups excluding carboxylic acids is 2. The van der Waals surface area contributed by atoms with Gasteiger partial charge in [-0.25, -0.2) is 13.2 Å². The summed E-state index contributed by atoms with van der Waals surface area (Å²) >= 11 is 0. The second-order valence-electron chi connectivity index (χ2n) is 5.88. The molecule has 0 fully saturated rings. The van der Waals surface area contributed by atoms with E-state index < -0.39 is 41.5 Å². The highest BCUT2D eigenvalue weighted by Gasteiger charge is 2.27. The molecule has 0 unspecified atom stereocenters. The highest BCUT2D eigenvalue weighted by molar-refractivity contribution is 6.05. The molecule has 0 amide bonds. The fourth-order valence-corrected chi connectivity index (χ4v) is 3.00. The van der Waals surface area contributed by atoms with Gasteiger partial charge in [-0.1, -0.05) is 6.07 Å². The summed E-state index contributed by atoms with van der Waals surface area (Å²) in [5, 5.41) is 9.33. The normalized spacial score (nSPS) is 11.0. The summed E-state index contributed by atoms with van der Waals surface area (Å²) in [5.74, 6) is -5.88. The first kappa shape index (κ1) is 18.5. The van der Waals surface area contributed by atoms with Crippen LogP contribution in [-0.2, 0) is 16.0 Å². The van der Waals surface area contributed by atoms with Gasteiger partial charge in [-0.3, -0.25) is 14.2 Å². The number of fused-ring (bicyclic) bond motifs is 1. The molecule has 0 saturated heterocycles. The Hall–Kier alpha value is -3.29. The van der Waals surface area contributed by atoms with Crippen molar-refractivity contribution in [1.82, 2.24) is 4.57 Å². The minimum atomic E-state index is -1.29. The summed E-state index contributed by atoms with van der Waals surface area (Å²) < 4.78 is 47.5. The Balaban J connectivity index is 2.34. The van der Waals surface area contributed by atoms with Crippen LogP contribution in [-0.4, -0.2) is 28.7 Å². The predicted octanol–water partition coefficient (Wildman–Crippen LogP) is 3.48. The molecule has 0 aliphatic heterocycles. The lowest BCUT2D eigenvalue weighted by atomic mass is 10.1. The van der Waals surface area contributed by atoms with Crippen LogP contribution in [0.2, 0.25) is 0 Å². The first-order valence-corrected chi connectivity index (χ1v) is 7.84. The molecule has 27 heavy (non-hydrogen) atoms. The minimum Gasteiger partial charge on any atom is -0.503 e. The molecule has 0 aliphatic carbocycles. The number of benzene rings is 2. The van der Waals surface area contributed by atoms with E-state index in [-0.39, 0.29) is 27.7 Å². The van der Waals surface area contributed by atoms with Gasteiger partial charge < -0.3 is 9.84 Å². The van der Waals surface area contributed by atoms with Crippen molar-refractivity contribution < 1.29 is 32.6 Å². The predicted molar refractivity (Wildman–Crippen MR) is 90.1 cm³/mol. The molecule has 1 N–H and O–H groups in total. The molecule has 8 heteroatoms. The first-order chi connectivity index (χ1) is 12.8. The van der Waals surface area contributed by atoms with Gasteiger partial charge in [0.1, 0.15) is 5.82 Å². The van der Waals surface area contributed by atoms with E-state index in [9.17, 15) is 27.9 Å². The summed E-state index contributed by atoms with van der Waals surface area (Å²) in [5.41, 5.74) is -0.0232. The summed E-state index contributed by atoms with van der Waals surface area (Å²) in [4.78, 5) is 24.6. The minimum absolute atomic E-state index is 0.0477. The zero-order valence-corrected chi connectivity index (χ0v) is 14.3. The number of methoxy groups -OCH3 is 1. The lowest BCUT2D eigenvalue weighted by molar-refractivity contribution is -0.139. The van der Waals surface area contributed by atoms with Crippen molar-refractivity contribution in [3.05, 3.63) is 64.6 Å². The zero-order valence-electron chi connectivity index (χ0n) is 14.3. The summed E-state index contributed by atoms with van der Waals surface area (Å²) in [6.07, 6.45) is -0.399. The van der Waals surface area contributed by atoms with Crippen molar-refractivity contribution in [3.63, 3.8) is 0 Å². The largest absolute Gasteiger partial charge is 0.503 e. The molecule has 1 aromatic heterocycles. The summed E-state index contributed by atoms with van der Waals surface area (Å²) in [6.45, 7) is 1.43. The van der Waals surface area contributed by atoms with Crippen molar-refractivity contribution in [1.29, 1.82) is 0 Å². The van der Waals surface area contributed by atoms with E-state index in [2.05, 4.69) is 4.74 Å². The molecule has 1 heterocycles. The monoisotopic (exact) mass is 377 g/mol. The van der Waals surface area contributed by atoms with Crippen LogP contribution in [0, 0.1) is 24.4 Å². The van der Waals surface area contributed by atoms with Gasteiger partial charge in [0.2, 0.25) is 0 Å². The molecule has 2 aromatic carbocycles. The lowest BCUT2D eigenvalue weighted by Gasteiger charge is -2.08. The number of nitrogens with zero attached hydrogens (tertiary/aromatic N) is 1. The van der Waals surface area contributed by atoms with Crippen LogP contribution in [0.5, 0.6) is 5.75 Å². The fraction of sp³-hybridized carbons (Fsp3) is 0.158. The molecule has 0 radical (unpaired) electrons. The maximum Gasteiger partial charge on any atom is 0.310 e. The van der Waals surface area contributed by atoms with E-state index >= 15 is 0 Å². The van der Waals surface area contributed by atoms with E-state index in [0.717, 1.165) is 29.9 Å². The van der Waals surface area contributed by atoms with Gasteiger partial charge in [-0.15, -0.1) is 0 Å². The highest BCUT2D eigenvalue weighted by Crippen LogP contribution is 2.35.